The van der Waals surface area contributed by atoms with E-state index >= 15 is 0 Å². The van der Waals surface area contributed by atoms with Crippen molar-refractivity contribution >= 4 is 17.6 Å². The van der Waals surface area contributed by atoms with Crippen LogP contribution in [0.15, 0.2) is 47.5 Å². The Morgan fingerprint density at radius 3 is 2.41 bits per heavy atom. The van der Waals surface area contributed by atoms with E-state index in [9.17, 15) is 14.4 Å². The fraction of sp³-hybridized carbons (Fsp3) is 0.250. The lowest BCUT2D eigenvalue weighted by molar-refractivity contribution is -0.123. The summed E-state index contributed by atoms with van der Waals surface area (Å²) in [4.78, 5) is 45.4. The Bertz CT molecular complexity index is 1100. The molecule has 3 aromatic rings. The Morgan fingerprint density at radius 2 is 1.79 bits per heavy atom. The number of nitrogens with one attached hydrogen (secondary N) is 1. The van der Waals surface area contributed by atoms with E-state index < -0.39 is 18.0 Å². The zero-order valence-electron chi connectivity index (χ0n) is 16.5. The Balaban J connectivity index is 1.77. The monoisotopic (exact) mass is 395 g/mol. The van der Waals surface area contributed by atoms with Crippen molar-refractivity contribution in [3.8, 4) is 5.69 Å². The molecular weight excluding hydrogens is 374 g/mol. The first-order valence-electron chi connectivity index (χ1n) is 8.94. The van der Waals surface area contributed by atoms with Crippen molar-refractivity contribution in [1.29, 1.82) is 0 Å². The number of amides is 1. The van der Waals surface area contributed by atoms with Crippen LogP contribution in [0.1, 0.15) is 28.8 Å². The lowest BCUT2D eigenvalue weighted by atomic mass is 10.3. The second kappa shape index (κ2) is 8.09. The zero-order chi connectivity index (χ0) is 21.1. The van der Waals surface area contributed by atoms with Gasteiger partial charge in [-0.1, -0.05) is 18.2 Å². The number of anilines is 1. The molecule has 0 aliphatic carbocycles. The molecule has 0 aliphatic rings. The molecule has 2 heterocycles. The molecule has 0 bridgehead atoms. The summed E-state index contributed by atoms with van der Waals surface area (Å²) >= 11 is 0. The largest absolute Gasteiger partial charge is 0.448 e. The molecule has 3 rings (SSSR count). The summed E-state index contributed by atoms with van der Waals surface area (Å²) in [6.07, 6.45) is 1.58. The normalized spacial score (nSPS) is 11.7. The molecule has 0 aliphatic heterocycles. The Hall–Kier alpha value is -3.75. The summed E-state index contributed by atoms with van der Waals surface area (Å²) in [6, 6.07) is 9.07. The minimum atomic E-state index is -1.13. The van der Waals surface area contributed by atoms with E-state index in [4.69, 9.17) is 4.74 Å². The molecule has 0 fully saturated rings. The van der Waals surface area contributed by atoms with Crippen molar-refractivity contribution in [2.45, 2.75) is 26.9 Å². The molecule has 0 unspecified atom stereocenters. The number of nitrogens with zero attached hydrogens (tertiary/aromatic N) is 4. The standard InChI is InChI=1S/C20H21N5O4/c1-12-10-22-16(11-21-12)20(28)29-14(3)18(26)23-17-13(2)24(4)25(19(17)27)15-8-6-5-7-9-15/h5-11,14H,1-4H3,(H,23,26)/t14-/m1/s1. The van der Waals surface area contributed by atoms with Crippen LogP contribution in [0.5, 0.6) is 0 Å². The Labute approximate surface area is 167 Å². The minimum absolute atomic E-state index is 0.00225. The predicted octanol–water partition coefficient (Wildman–Crippen LogP) is 1.77. The van der Waals surface area contributed by atoms with Gasteiger partial charge in [-0.15, -0.1) is 0 Å². The van der Waals surface area contributed by atoms with Gasteiger partial charge in [-0.25, -0.2) is 14.5 Å². The van der Waals surface area contributed by atoms with E-state index in [2.05, 4.69) is 15.3 Å². The number of para-hydroxylation sites is 1. The molecule has 2 aromatic heterocycles. The van der Waals surface area contributed by atoms with Crippen molar-refractivity contribution in [2.75, 3.05) is 5.32 Å². The van der Waals surface area contributed by atoms with Gasteiger partial charge in [-0.2, -0.15) is 0 Å². The van der Waals surface area contributed by atoms with Crippen LogP contribution in [-0.4, -0.2) is 37.3 Å². The highest BCUT2D eigenvalue weighted by Gasteiger charge is 2.24. The smallest absolute Gasteiger partial charge is 0.359 e. The highest BCUT2D eigenvalue weighted by Crippen LogP contribution is 2.14. The SMILES string of the molecule is Cc1cnc(C(=O)O[C@H](C)C(=O)Nc2c(C)n(C)n(-c3ccccc3)c2=O)cn1. The van der Waals surface area contributed by atoms with E-state index in [0.717, 1.165) is 0 Å². The predicted molar refractivity (Wildman–Crippen MR) is 106 cm³/mol. The third kappa shape index (κ3) is 4.08. The quantitative estimate of drug-likeness (QED) is 0.660. The minimum Gasteiger partial charge on any atom is -0.448 e. The van der Waals surface area contributed by atoms with Crippen molar-refractivity contribution in [1.82, 2.24) is 19.3 Å². The number of aromatic nitrogens is 4. The summed E-state index contributed by atoms with van der Waals surface area (Å²) in [5.41, 5.74) is 1.63. The van der Waals surface area contributed by atoms with Crippen LogP contribution in [0.4, 0.5) is 5.69 Å². The van der Waals surface area contributed by atoms with E-state index in [0.29, 0.717) is 17.1 Å². The summed E-state index contributed by atoms with van der Waals surface area (Å²) in [6.45, 7) is 4.88. The van der Waals surface area contributed by atoms with Crippen molar-refractivity contribution in [3.05, 3.63) is 70.2 Å². The lowest BCUT2D eigenvalue weighted by Gasteiger charge is -2.12. The van der Waals surface area contributed by atoms with Crippen molar-refractivity contribution in [3.63, 3.8) is 0 Å². The molecule has 0 saturated carbocycles. The zero-order valence-corrected chi connectivity index (χ0v) is 16.5. The number of carbonyl (C=O) groups excluding carboxylic acids is 2. The maximum Gasteiger partial charge on any atom is 0.359 e. The van der Waals surface area contributed by atoms with Crippen LogP contribution in [0.3, 0.4) is 0 Å². The molecule has 1 N–H and O–H groups in total. The first-order chi connectivity index (χ1) is 13.8. The van der Waals surface area contributed by atoms with E-state index in [1.807, 2.05) is 18.2 Å². The van der Waals surface area contributed by atoms with Gasteiger partial charge in [-0.3, -0.25) is 19.3 Å². The summed E-state index contributed by atoms with van der Waals surface area (Å²) in [7, 11) is 1.72. The molecule has 0 radical (unpaired) electrons. The number of benzene rings is 1. The van der Waals surface area contributed by atoms with E-state index in [-0.39, 0.29) is 16.9 Å². The van der Waals surface area contributed by atoms with Crippen molar-refractivity contribution in [2.24, 2.45) is 7.05 Å². The summed E-state index contributed by atoms with van der Waals surface area (Å²) in [5, 5.41) is 2.57. The number of carbonyl (C=O) groups is 2. The summed E-state index contributed by atoms with van der Waals surface area (Å²) in [5.74, 6) is -1.39. The van der Waals surface area contributed by atoms with Gasteiger partial charge in [0.15, 0.2) is 11.8 Å². The molecule has 0 spiro atoms. The second-order valence-electron chi connectivity index (χ2n) is 6.52. The average Bonchev–Trinajstić information content (AvgIpc) is 2.92. The van der Waals surface area contributed by atoms with Gasteiger partial charge in [-0.05, 0) is 32.9 Å². The van der Waals surface area contributed by atoms with Crippen LogP contribution in [0.2, 0.25) is 0 Å². The van der Waals surface area contributed by atoms with Gasteiger partial charge in [0, 0.05) is 13.2 Å². The highest BCUT2D eigenvalue weighted by molar-refractivity contribution is 5.97. The van der Waals surface area contributed by atoms with E-state index in [1.165, 1.54) is 24.0 Å². The van der Waals surface area contributed by atoms with Crippen LogP contribution < -0.4 is 10.9 Å². The lowest BCUT2D eigenvalue weighted by Crippen LogP contribution is -2.32. The fourth-order valence-corrected chi connectivity index (χ4v) is 2.71. The van der Waals surface area contributed by atoms with Crippen LogP contribution in [-0.2, 0) is 16.6 Å². The molecule has 1 aromatic carbocycles. The topological polar surface area (TPSA) is 108 Å². The number of hydrogen-bond donors (Lipinski definition) is 1. The van der Waals surface area contributed by atoms with Gasteiger partial charge in [0.2, 0.25) is 0 Å². The fourth-order valence-electron chi connectivity index (χ4n) is 2.71. The van der Waals surface area contributed by atoms with Gasteiger partial charge >= 0.3 is 5.97 Å². The first-order valence-corrected chi connectivity index (χ1v) is 8.94. The maximum absolute atomic E-state index is 12.8. The number of hydrogen-bond acceptors (Lipinski definition) is 6. The average molecular weight is 395 g/mol. The molecule has 0 saturated heterocycles. The number of rotatable bonds is 5. The van der Waals surface area contributed by atoms with Gasteiger partial charge in [0.1, 0.15) is 5.69 Å². The molecule has 29 heavy (non-hydrogen) atoms. The molecule has 1 amide bonds. The molecule has 9 nitrogen and oxygen atoms in total. The molecular formula is C20H21N5O4. The van der Waals surface area contributed by atoms with Gasteiger partial charge in [0.25, 0.3) is 11.5 Å². The maximum atomic E-state index is 12.8. The molecule has 9 heteroatoms. The van der Waals surface area contributed by atoms with Crippen molar-refractivity contribution < 1.29 is 14.3 Å². The number of ether oxygens (including phenoxy) is 1. The van der Waals surface area contributed by atoms with E-state index in [1.54, 1.807) is 37.7 Å². The third-order valence-electron chi connectivity index (χ3n) is 4.45. The van der Waals surface area contributed by atoms with Crippen LogP contribution in [0, 0.1) is 13.8 Å². The third-order valence-corrected chi connectivity index (χ3v) is 4.45. The Morgan fingerprint density at radius 1 is 1.10 bits per heavy atom. The van der Waals surface area contributed by atoms with Gasteiger partial charge < -0.3 is 10.1 Å². The van der Waals surface area contributed by atoms with Crippen LogP contribution in [0.25, 0.3) is 5.69 Å². The highest BCUT2D eigenvalue weighted by atomic mass is 16.5. The Kier molecular flexibility index (Phi) is 5.58. The number of aryl methyl sites for hydroxylation is 1. The summed E-state index contributed by atoms with van der Waals surface area (Å²) < 4.78 is 8.24. The van der Waals surface area contributed by atoms with Gasteiger partial charge in [0.05, 0.1) is 23.3 Å². The molecule has 1 atom stereocenters. The second-order valence-corrected chi connectivity index (χ2v) is 6.52. The molecule has 150 valence electrons. The first kappa shape index (κ1) is 20.0. The number of esters is 1. The van der Waals surface area contributed by atoms with Crippen LogP contribution >= 0.6 is 0 Å².